The first-order chi connectivity index (χ1) is 8.99. The summed E-state index contributed by atoms with van der Waals surface area (Å²) in [5.41, 5.74) is 0.0544. The third kappa shape index (κ3) is 2.84. The number of nitrogens with zero attached hydrogens (tertiary/aromatic N) is 2. The molecule has 0 atom stereocenters. The molecular weight excluding hydrogens is 270 g/mol. The van der Waals surface area contributed by atoms with Gasteiger partial charge in [-0.25, -0.2) is 9.59 Å². The highest BCUT2D eigenvalue weighted by Crippen LogP contribution is 2.23. The summed E-state index contributed by atoms with van der Waals surface area (Å²) >= 11 is 1.14. The van der Waals surface area contributed by atoms with E-state index >= 15 is 0 Å². The van der Waals surface area contributed by atoms with Crippen LogP contribution in [-0.4, -0.2) is 59.5 Å². The Hall–Kier alpha value is -2.09. The summed E-state index contributed by atoms with van der Waals surface area (Å²) in [6.45, 7) is 0.917. The van der Waals surface area contributed by atoms with Crippen molar-refractivity contribution in [2.24, 2.45) is 0 Å². The molecule has 1 aliphatic rings. The fraction of sp³-hybridized carbons (Fsp3) is 0.364. The Morgan fingerprint density at radius 2 is 2.16 bits per heavy atom. The lowest BCUT2D eigenvalue weighted by Gasteiger charge is -2.31. The van der Waals surface area contributed by atoms with Crippen molar-refractivity contribution in [2.75, 3.05) is 32.0 Å². The lowest BCUT2D eigenvalue weighted by Crippen LogP contribution is -2.51. The minimum absolute atomic E-state index is 0.0100. The Labute approximate surface area is 113 Å². The van der Waals surface area contributed by atoms with Crippen LogP contribution in [0.1, 0.15) is 10.4 Å². The van der Waals surface area contributed by atoms with Crippen molar-refractivity contribution in [1.29, 1.82) is 0 Å². The highest BCUT2D eigenvalue weighted by molar-refractivity contribution is 7.14. The second-order valence-corrected chi connectivity index (χ2v) is 5.05. The third-order valence-corrected chi connectivity index (χ3v) is 3.69. The van der Waals surface area contributed by atoms with E-state index in [0.717, 1.165) is 11.3 Å². The molecule has 3 amide bonds. The van der Waals surface area contributed by atoms with Gasteiger partial charge in [0.15, 0.2) is 0 Å². The number of hydrogen-bond donors (Lipinski definition) is 2. The number of rotatable bonds is 2. The molecule has 1 aromatic heterocycles. The average Bonchev–Trinajstić information content (AvgIpc) is 2.80. The van der Waals surface area contributed by atoms with Gasteiger partial charge < -0.3 is 14.9 Å². The van der Waals surface area contributed by atoms with Gasteiger partial charge in [-0.05, 0) is 11.4 Å². The SMILES string of the molecule is CN1CCN(C(=O)Nc2sccc2C(=O)O)CC1=O. The normalized spacial score (nSPS) is 15.5. The molecule has 1 fully saturated rings. The van der Waals surface area contributed by atoms with Crippen molar-refractivity contribution < 1.29 is 19.5 Å². The Balaban J connectivity index is 2.03. The number of nitrogens with one attached hydrogen (secondary N) is 1. The fourth-order valence-electron chi connectivity index (χ4n) is 1.68. The number of urea groups is 1. The first-order valence-corrected chi connectivity index (χ1v) is 6.47. The number of likely N-dealkylation sites (N-methyl/N-ethyl adjacent to an activating group) is 1. The van der Waals surface area contributed by atoms with Gasteiger partial charge in [-0.2, -0.15) is 0 Å². The molecule has 2 heterocycles. The van der Waals surface area contributed by atoms with E-state index in [1.165, 1.54) is 11.0 Å². The molecule has 0 unspecified atom stereocenters. The minimum Gasteiger partial charge on any atom is -0.478 e. The van der Waals surface area contributed by atoms with Crippen molar-refractivity contribution in [3.8, 4) is 0 Å². The van der Waals surface area contributed by atoms with E-state index in [1.807, 2.05) is 0 Å². The maximum Gasteiger partial charge on any atom is 0.338 e. The zero-order chi connectivity index (χ0) is 14.0. The Morgan fingerprint density at radius 1 is 1.42 bits per heavy atom. The summed E-state index contributed by atoms with van der Waals surface area (Å²) in [6.07, 6.45) is 0. The lowest BCUT2D eigenvalue weighted by molar-refractivity contribution is -0.133. The monoisotopic (exact) mass is 283 g/mol. The van der Waals surface area contributed by atoms with Gasteiger partial charge in [0, 0.05) is 20.1 Å². The number of amides is 3. The zero-order valence-corrected chi connectivity index (χ0v) is 11.1. The molecule has 102 valence electrons. The van der Waals surface area contributed by atoms with Crippen molar-refractivity contribution >= 4 is 34.2 Å². The van der Waals surface area contributed by atoms with Crippen LogP contribution < -0.4 is 5.32 Å². The fourth-order valence-corrected chi connectivity index (χ4v) is 2.45. The van der Waals surface area contributed by atoms with E-state index < -0.39 is 12.0 Å². The topological polar surface area (TPSA) is 89.9 Å². The van der Waals surface area contributed by atoms with Gasteiger partial charge in [0.1, 0.15) is 11.5 Å². The van der Waals surface area contributed by atoms with Crippen LogP contribution in [-0.2, 0) is 4.79 Å². The molecule has 0 bridgehead atoms. The van der Waals surface area contributed by atoms with Gasteiger partial charge >= 0.3 is 12.0 Å². The van der Waals surface area contributed by atoms with Gasteiger partial charge in [-0.1, -0.05) is 0 Å². The summed E-state index contributed by atoms with van der Waals surface area (Å²) in [4.78, 5) is 37.3. The predicted octanol–water partition coefficient (Wildman–Crippen LogP) is 0.752. The van der Waals surface area contributed by atoms with Gasteiger partial charge in [0.2, 0.25) is 5.91 Å². The van der Waals surface area contributed by atoms with Crippen LogP contribution in [0.5, 0.6) is 0 Å². The smallest absolute Gasteiger partial charge is 0.338 e. The van der Waals surface area contributed by atoms with Crippen molar-refractivity contribution in [3.63, 3.8) is 0 Å². The van der Waals surface area contributed by atoms with E-state index in [4.69, 9.17) is 5.11 Å². The molecule has 1 saturated heterocycles. The number of carbonyl (C=O) groups excluding carboxylic acids is 2. The summed E-state index contributed by atoms with van der Waals surface area (Å²) < 4.78 is 0. The second-order valence-electron chi connectivity index (χ2n) is 4.14. The van der Waals surface area contributed by atoms with E-state index in [9.17, 15) is 14.4 Å². The first kappa shape index (κ1) is 13.3. The maximum atomic E-state index is 12.0. The summed E-state index contributed by atoms with van der Waals surface area (Å²) in [5, 5.41) is 13.3. The summed E-state index contributed by atoms with van der Waals surface area (Å²) in [5.74, 6) is -1.22. The number of thiophene rings is 1. The highest BCUT2D eigenvalue weighted by atomic mass is 32.1. The molecule has 19 heavy (non-hydrogen) atoms. The van der Waals surface area contributed by atoms with Crippen LogP contribution in [0, 0.1) is 0 Å². The summed E-state index contributed by atoms with van der Waals surface area (Å²) in [6, 6.07) is 0.976. The predicted molar refractivity (Wildman–Crippen MR) is 69.5 cm³/mol. The van der Waals surface area contributed by atoms with Crippen LogP contribution in [0.15, 0.2) is 11.4 Å². The first-order valence-electron chi connectivity index (χ1n) is 5.59. The number of anilines is 1. The molecular formula is C11H13N3O4S. The van der Waals surface area contributed by atoms with Crippen LogP contribution >= 0.6 is 11.3 Å². The maximum absolute atomic E-state index is 12.0. The molecule has 8 heteroatoms. The Bertz CT molecular complexity index is 528. The largest absolute Gasteiger partial charge is 0.478 e. The summed E-state index contributed by atoms with van der Waals surface area (Å²) in [7, 11) is 1.68. The standard InChI is InChI=1S/C11H13N3O4S/c1-13-3-4-14(6-8(13)15)11(18)12-9-7(10(16)17)2-5-19-9/h2,5H,3-4,6H2,1H3,(H,12,18)(H,16,17). The molecule has 2 rings (SSSR count). The van der Waals surface area contributed by atoms with Gasteiger partial charge in [-0.15, -0.1) is 11.3 Å². The molecule has 7 nitrogen and oxygen atoms in total. The van der Waals surface area contributed by atoms with E-state index in [1.54, 1.807) is 17.3 Å². The number of carboxylic acid groups (broad SMARTS) is 1. The van der Waals surface area contributed by atoms with Gasteiger partial charge in [-0.3, -0.25) is 10.1 Å². The van der Waals surface area contributed by atoms with E-state index in [-0.39, 0.29) is 23.0 Å². The lowest BCUT2D eigenvalue weighted by atomic mass is 10.3. The minimum atomic E-state index is -1.09. The molecule has 0 saturated carbocycles. The molecule has 0 radical (unpaired) electrons. The van der Waals surface area contributed by atoms with Crippen LogP contribution in [0.4, 0.5) is 9.80 Å². The van der Waals surface area contributed by atoms with Crippen molar-refractivity contribution in [1.82, 2.24) is 9.80 Å². The molecule has 2 N–H and O–H groups in total. The molecule has 1 aromatic rings. The average molecular weight is 283 g/mol. The van der Waals surface area contributed by atoms with Gasteiger partial charge in [0.25, 0.3) is 0 Å². The van der Waals surface area contributed by atoms with Crippen LogP contribution in [0.25, 0.3) is 0 Å². The number of carboxylic acids is 1. The Kier molecular flexibility index (Phi) is 3.70. The number of aromatic carboxylic acids is 1. The molecule has 0 aromatic carbocycles. The second kappa shape index (κ2) is 5.27. The molecule has 0 aliphatic carbocycles. The van der Waals surface area contributed by atoms with Crippen molar-refractivity contribution in [3.05, 3.63) is 17.0 Å². The van der Waals surface area contributed by atoms with Crippen LogP contribution in [0.2, 0.25) is 0 Å². The van der Waals surface area contributed by atoms with E-state index in [0.29, 0.717) is 13.1 Å². The van der Waals surface area contributed by atoms with Crippen LogP contribution in [0.3, 0.4) is 0 Å². The number of piperazine rings is 1. The number of hydrogen-bond acceptors (Lipinski definition) is 4. The molecule has 1 aliphatic heterocycles. The van der Waals surface area contributed by atoms with E-state index in [2.05, 4.69) is 5.32 Å². The molecule has 0 spiro atoms. The quantitative estimate of drug-likeness (QED) is 0.838. The highest BCUT2D eigenvalue weighted by Gasteiger charge is 2.25. The Morgan fingerprint density at radius 3 is 2.79 bits per heavy atom. The van der Waals surface area contributed by atoms with Gasteiger partial charge in [0.05, 0.1) is 5.56 Å². The third-order valence-electron chi connectivity index (χ3n) is 2.86. The number of carbonyl (C=O) groups is 3. The van der Waals surface area contributed by atoms with Crippen molar-refractivity contribution in [2.45, 2.75) is 0 Å². The zero-order valence-electron chi connectivity index (χ0n) is 10.3.